The van der Waals surface area contributed by atoms with Crippen molar-refractivity contribution < 1.29 is 17.9 Å². The molecule has 0 saturated carbocycles. The van der Waals surface area contributed by atoms with Gasteiger partial charge in [0.05, 0.1) is 17.4 Å². The van der Waals surface area contributed by atoms with Crippen molar-refractivity contribution in [2.45, 2.75) is 19.6 Å². The van der Waals surface area contributed by atoms with Crippen molar-refractivity contribution in [2.75, 3.05) is 11.5 Å². The number of hydrogen-bond donors (Lipinski definition) is 1. The lowest BCUT2D eigenvalue weighted by Gasteiger charge is -2.11. The number of nitrogens with one attached hydrogen (secondary N) is 1. The molecule has 2 aromatic carbocycles. The van der Waals surface area contributed by atoms with Crippen molar-refractivity contribution in [2.24, 2.45) is 5.92 Å². The van der Waals surface area contributed by atoms with Crippen LogP contribution in [0.2, 0.25) is 0 Å². The summed E-state index contributed by atoms with van der Waals surface area (Å²) in [6.07, 6.45) is 0.416. The molecular formula is C19H21NO4S. The van der Waals surface area contributed by atoms with Crippen LogP contribution in [0.1, 0.15) is 17.5 Å². The van der Waals surface area contributed by atoms with E-state index >= 15 is 0 Å². The summed E-state index contributed by atoms with van der Waals surface area (Å²) in [5.41, 5.74) is 1.97. The Morgan fingerprint density at radius 3 is 2.56 bits per heavy atom. The zero-order valence-electron chi connectivity index (χ0n) is 13.9. The predicted molar refractivity (Wildman–Crippen MR) is 95.8 cm³/mol. The Bertz CT molecular complexity index is 834. The van der Waals surface area contributed by atoms with Crippen LogP contribution < -0.4 is 10.1 Å². The zero-order valence-corrected chi connectivity index (χ0v) is 14.7. The topological polar surface area (TPSA) is 72.5 Å². The molecule has 25 heavy (non-hydrogen) atoms. The van der Waals surface area contributed by atoms with Crippen LogP contribution in [-0.2, 0) is 27.8 Å². The first-order valence-electron chi connectivity index (χ1n) is 8.26. The molecule has 1 saturated heterocycles. The summed E-state index contributed by atoms with van der Waals surface area (Å²) in [5.74, 6) is 0.270. The molecule has 132 valence electrons. The third-order valence-electron chi connectivity index (χ3n) is 4.21. The third kappa shape index (κ3) is 5.06. The van der Waals surface area contributed by atoms with E-state index in [1.807, 2.05) is 54.6 Å². The fourth-order valence-corrected chi connectivity index (χ4v) is 4.59. The highest BCUT2D eigenvalue weighted by Crippen LogP contribution is 2.18. The molecule has 0 bridgehead atoms. The monoisotopic (exact) mass is 359 g/mol. The van der Waals surface area contributed by atoms with E-state index < -0.39 is 15.8 Å². The molecule has 1 fully saturated rings. The minimum absolute atomic E-state index is 0.0379. The molecule has 3 rings (SSSR count). The third-order valence-corrected chi connectivity index (χ3v) is 5.98. The van der Waals surface area contributed by atoms with Gasteiger partial charge in [0, 0.05) is 6.54 Å². The molecule has 1 N–H and O–H groups in total. The largest absolute Gasteiger partial charge is 0.489 e. The lowest BCUT2D eigenvalue weighted by molar-refractivity contribution is -0.124. The van der Waals surface area contributed by atoms with E-state index in [4.69, 9.17) is 4.74 Å². The van der Waals surface area contributed by atoms with Crippen LogP contribution in [0.5, 0.6) is 5.75 Å². The lowest BCUT2D eigenvalue weighted by atomic mass is 10.1. The predicted octanol–water partition coefficient (Wildman–Crippen LogP) is 2.32. The Hall–Kier alpha value is -2.34. The van der Waals surface area contributed by atoms with E-state index in [1.165, 1.54) is 0 Å². The van der Waals surface area contributed by atoms with Gasteiger partial charge in [-0.25, -0.2) is 8.42 Å². The van der Waals surface area contributed by atoms with Crippen molar-refractivity contribution in [3.63, 3.8) is 0 Å². The van der Waals surface area contributed by atoms with Crippen molar-refractivity contribution in [1.82, 2.24) is 5.32 Å². The molecule has 0 spiro atoms. The van der Waals surface area contributed by atoms with Gasteiger partial charge < -0.3 is 10.1 Å². The Morgan fingerprint density at radius 1 is 1.08 bits per heavy atom. The Balaban J connectivity index is 1.52. The number of para-hydroxylation sites is 1. The van der Waals surface area contributed by atoms with Gasteiger partial charge in [0.25, 0.3) is 0 Å². The Labute approximate surface area is 147 Å². The number of sulfone groups is 1. The van der Waals surface area contributed by atoms with Crippen LogP contribution in [0.15, 0.2) is 54.6 Å². The highest BCUT2D eigenvalue weighted by atomic mass is 32.2. The number of benzene rings is 2. The van der Waals surface area contributed by atoms with Crippen molar-refractivity contribution in [3.8, 4) is 5.75 Å². The van der Waals surface area contributed by atoms with Crippen LogP contribution in [0.4, 0.5) is 0 Å². The molecule has 6 heteroatoms. The van der Waals surface area contributed by atoms with E-state index in [-0.39, 0.29) is 17.4 Å². The van der Waals surface area contributed by atoms with Gasteiger partial charge in [0.1, 0.15) is 12.4 Å². The molecule has 1 aliphatic rings. The fraction of sp³-hybridized carbons (Fsp3) is 0.316. The molecule has 0 aromatic heterocycles. The van der Waals surface area contributed by atoms with E-state index in [9.17, 15) is 13.2 Å². The number of hydrogen-bond acceptors (Lipinski definition) is 4. The van der Waals surface area contributed by atoms with Crippen LogP contribution in [0.25, 0.3) is 0 Å². The average Bonchev–Trinajstić information content (AvgIpc) is 2.99. The maximum absolute atomic E-state index is 12.1. The second-order valence-electron chi connectivity index (χ2n) is 6.24. The zero-order chi connectivity index (χ0) is 17.7. The van der Waals surface area contributed by atoms with Gasteiger partial charge in [-0.1, -0.05) is 42.5 Å². The molecule has 1 atom stereocenters. The summed E-state index contributed by atoms with van der Waals surface area (Å²) in [7, 11) is -3.04. The van der Waals surface area contributed by atoms with E-state index in [0.717, 1.165) is 16.9 Å². The second-order valence-corrected chi connectivity index (χ2v) is 8.47. The van der Waals surface area contributed by atoms with Gasteiger partial charge >= 0.3 is 0 Å². The molecule has 0 radical (unpaired) electrons. The van der Waals surface area contributed by atoms with Crippen LogP contribution in [0.3, 0.4) is 0 Å². The fourth-order valence-electron chi connectivity index (χ4n) is 2.85. The molecule has 5 nitrogen and oxygen atoms in total. The van der Waals surface area contributed by atoms with Crippen LogP contribution in [-0.4, -0.2) is 25.8 Å². The highest BCUT2D eigenvalue weighted by molar-refractivity contribution is 7.91. The van der Waals surface area contributed by atoms with Gasteiger partial charge in [-0.05, 0) is 29.7 Å². The SMILES string of the molecule is O=C(NCc1cccc(COc2ccccc2)c1)C1CCS(=O)(=O)C1. The molecule has 1 amide bonds. The Kier molecular flexibility index (Phi) is 5.38. The Morgan fingerprint density at radius 2 is 1.84 bits per heavy atom. The summed E-state index contributed by atoms with van der Waals surface area (Å²) in [6.45, 7) is 0.835. The maximum atomic E-state index is 12.1. The van der Waals surface area contributed by atoms with Gasteiger partial charge in [-0.15, -0.1) is 0 Å². The van der Waals surface area contributed by atoms with Crippen molar-refractivity contribution >= 4 is 15.7 Å². The number of carbonyl (C=O) groups excluding carboxylic acids is 1. The number of rotatable bonds is 6. The molecule has 1 aliphatic heterocycles. The minimum atomic E-state index is -3.04. The molecule has 2 aromatic rings. The van der Waals surface area contributed by atoms with Crippen LogP contribution >= 0.6 is 0 Å². The molecule has 1 unspecified atom stereocenters. The van der Waals surface area contributed by atoms with Gasteiger partial charge in [-0.2, -0.15) is 0 Å². The van der Waals surface area contributed by atoms with Gasteiger partial charge in [0.2, 0.25) is 5.91 Å². The molecule has 0 aliphatic carbocycles. The number of carbonyl (C=O) groups is 1. The number of amides is 1. The van der Waals surface area contributed by atoms with Crippen LogP contribution in [0, 0.1) is 5.92 Å². The summed E-state index contributed by atoms with van der Waals surface area (Å²) in [4.78, 5) is 12.1. The smallest absolute Gasteiger partial charge is 0.224 e. The standard InChI is InChI=1S/C19H21NO4S/c21-19(17-9-10-25(22,23)14-17)20-12-15-5-4-6-16(11-15)13-24-18-7-2-1-3-8-18/h1-8,11,17H,9-10,12-14H2,(H,20,21). The summed E-state index contributed by atoms with van der Waals surface area (Å²) in [6, 6.07) is 17.4. The highest BCUT2D eigenvalue weighted by Gasteiger charge is 2.32. The lowest BCUT2D eigenvalue weighted by Crippen LogP contribution is -2.30. The van der Waals surface area contributed by atoms with Gasteiger partial charge in [-0.3, -0.25) is 4.79 Å². The quantitative estimate of drug-likeness (QED) is 0.859. The first-order chi connectivity index (χ1) is 12.0. The normalized spacial score (nSPS) is 18.6. The first-order valence-corrected chi connectivity index (χ1v) is 10.1. The maximum Gasteiger partial charge on any atom is 0.224 e. The molecular weight excluding hydrogens is 338 g/mol. The van der Waals surface area contributed by atoms with Crippen molar-refractivity contribution in [3.05, 3.63) is 65.7 Å². The molecule has 1 heterocycles. The van der Waals surface area contributed by atoms with E-state index in [1.54, 1.807) is 0 Å². The summed E-state index contributed by atoms with van der Waals surface area (Å²) >= 11 is 0. The average molecular weight is 359 g/mol. The number of ether oxygens (including phenoxy) is 1. The first kappa shape index (κ1) is 17.5. The summed E-state index contributed by atoms with van der Waals surface area (Å²) in [5, 5.41) is 2.84. The van der Waals surface area contributed by atoms with E-state index in [2.05, 4.69) is 5.32 Å². The van der Waals surface area contributed by atoms with Gasteiger partial charge in [0.15, 0.2) is 9.84 Å². The van der Waals surface area contributed by atoms with Crippen molar-refractivity contribution in [1.29, 1.82) is 0 Å². The summed E-state index contributed by atoms with van der Waals surface area (Å²) < 4.78 is 28.6. The van der Waals surface area contributed by atoms with E-state index in [0.29, 0.717) is 19.6 Å². The second kappa shape index (κ2) is 7.70. The minimum Gasteiger partial charge on any atom is -0.489 e.